The van der Waals surface area contributed by atoms with Crippen LogP contribution in [0.3, 0.4) is 0 Å². The number of aromatic amines is 1. The Hall–Kier alpha value is -2.54. The number of hydrazine groups is 1. The van der Waals surface area contributed by atoms with Crippen LogP contribution in [0.4, 0.5) is 0 Å². The molecule has 0 fully saturated rings. The van der Waals surface area contributed by atoms with Crippen LogP contribution in [0.1, 0.15) is 10.5 Å². The monoisotopic (exact) mass is 260 g/mol. The van der Waals surface area contributed by atoms with Gasteiger partial charge in [0.1, 0.15) is 18.9 Å². The molecule has 0 atom stereocenters. The molecule has 19 heavy (non-hydrogen) atoms. The second-order valence-corrected chi connectivity index (χ2v) is 4.00. The molecule has 0 unspecified atom stereocenters. The summed E-state index contributed by atoms with van der Waals surface area (Å²) in [5, 5.41) is 6.69. The minimum absolute atomic E-state index is 0.299. The average Bonchev–Trinajstić information content (AvgIpc) is 2.95. The third kappa shape index (κ3) is 2.11. The SMILES string of the molecule is NNC(=O)c1cc(-c2ccc3c(c2)OCCO3)n[nH]1. The Bertz CT molecular complexity index is 623. The van der Waals surface area contributed by atoms with Gasteiger partial charge in [-0.25, -0.2) is 5.84 Å². The number of rotatable bonds is 2. The zero-order chi connectivity index (χ0) is 13.2. The van der Waals surface area contributed by atoms with E-state index in [0.717, 1.165) is 5.56 Å². The second kappa shape index (κ2) is 4.62. The zero-order valence-electron chi connectivity index (χ0n) is 9.97. The molecule has 3 rings (SSSR count). The number of amides is 1. The third-order valence-corrected chi connectivity index (χ3v) is 2.79. The van der Waals surface area contributed by atoms with E-state index >= 15 is 0 Å². The van der Waals surface area contributed by atoms with E-state index in [1.807, 2.05) is 23.6 Å². The number of carbonyl (C=O) groups is 1. The minimum Gasteiger partial charge on any atom is -0.486 e. The van der Waals surface area contributed by atoms with Gasteiger partial charge in [0, 0.05) is 5.56 Å². The van der Waals surface area contributed by atoms with E-state index in [9.17, 15) is 4.79 Å². The van der Waals surface area contributed by atoms with Crippen LogP contribution in [0.5, 0.6) is 11.5 Å². The first-order chi connectivity index (χ1) is 9.28. The molecular weight excluding hydrogens is 248 g/mol. The highest BCUT2D eigenvalue weighted by atomic mass is 16.6. The Labute approximate surface area is 108 Å². The highest BCUT2D eigenvalue weighted by Crippen LogP contribution is 2.33. The van der Waals surface area contributed by atoms with E-state index < -0.39 is 5.91 Å². The molecule has 0 saturated carbocycles. The largest absolute Gasteiger partial charge is 0.486 e. The van der Waals surface area contributed by atoms with Crippen LogP contribution in [0, 0.1) is 0 Å². The molecular formula is C12H12N4O3. The summed E-state index contributed by atoms with van der Waals surface area (Å²) in [6, 6.07) is 7.12. The highest BCUT2D eigenvalue weighted by Gasteiger charge is 2.15. The van der Waals surface area contributed by atoms with Crippen LogP contribution >= 0.6 is 0 Å². The van der Waals surface area contributed by atoms with E-state index in [1.54, 1.807) is 6.07 Å². The molecule has 1 aromatic carbocycles. The lowest BCUT2D eigenvalue weighted by Gasteiger charge is -2.18. The van der Waals surface area contributed by atoms with Crippen LogP contribution in [0.2, 0.25) is 0 Å². The Balaban J connectivity index is 1.93. The first kappa shape index (κ1) is 11.5. The van der Waals surface area contributed by atoms with Crippen molar-refractivity contribution >= 4 is 5.91 Å². The van der Waals surface area contributed by atoms with Crippen molar-refractivity contribution in [1.29, 1.82) is 0 Å². The van der Waals surface area contributed by atoms with Gasteiger partial charge in [-0.15, -0.1) is 0 Å². The number of nitrogens with zero attached hydrogens (tertiary/aromatic N) is 1. The van der Waals surface area contributed by atoms with Crippen molar-refractivity contribution in [3.05, 3.63) is 30.0 Å². The van der Waals surface area contributed by atoms with Gasteiger partial charge in [0.25, 0.3) is 5.91 Å². The van der Waals surface area contributed by atoms with Crippen LogP contribution < -0.4 is 20.7 Å². The summed E-state index contributed by atoms with van der Waals surface area (Å²) in [4.78, 5) is 11.3. The van der Waals surface area contributed by atoms with Crippen LogP contribution in [-0.2, 0) is 0 Å². The van der Waals surface area contributed by atoms with Gasteiger partial charge in [-0.05, 0) is 24.3 Å². The Morgan fingerprint density at radius 3 is 2.84 bits per heavy atom. The molecule has 0 bridgehead atoms. The topological polar surface area (TPSA) is 102 Å². The van der Waals surface area contributed by atoms with Crippen molar-refractivity contribution in [2.45, 2.75) is 0 Å². The normalized spacial score (nSPS) is 13.1. The van der Waals surface area contributed by atoms with Gasteiger partial charge in [-0.3, -0.25) is 15.3 Å². The first-order valence-corrected chi connectivity index (χ1v) is 5.74. The van der Waals surface area contributed by atoms with Crippen LogP contribution in [-0.4, -0.2) is 29.3 Å². The summed E-state index contributed by atoms with van der Waals surface area (Å²) in [5.74, 6) is 6.03. The Morgan fingerprint density at radius 1 is 1.26 bits per heavy atom. The molecule has 7 heteroatoms. The van der Waals surface area contributed by atoms with Crippen LogP contribution in [0.15, 0.2) is 24.3 Å². The second-order valence-electron chi connectivity index (χ2n) is 4.00. The number of hydrogen-bond donors (Lipinski definition) is 3. The molecule has 2 heterocycles. The van der Waals surface area contributed by atoms with E-state index in [2.05, 4.69) is 10.2 Å². The van der Waals surface area contributed by atoms with Crippen molar-refractivity contribution in [2.75, 3.05) is 13.2 Å². The van der Waals surface area contributed by atoms with Crippen molar-refractivity contribution in [2.24, 2.45) is 5.84 Å². The quantitative estimate of drug-likeness (QED) is 0.413. The molecule has 7 nitrogen and oxygen atoms in total. The van der Waals surface area contributed by atoms with Gasteiger partial charge in [-0.1, -0.05) is 0 Å². The molecule has 0 aliphatic carbocycles. The lowest BCUT2D eigenvalue weighted by molar-refractivity contribution is 0.0948. The Morgan fingerprint density at radius 2 is 2.05 bits per heavy atom. The fourth-order valence-electron chi connectivity index (χ4n) is 1.87. The summed E-state index contributed by atoms with van der Waals surface area (Å²) in [6.07, 6.45) is 0. The maximum Gasteiger partial charge on any atom is 0.283 e. The van der Waals surface area contributed by atoms with Gasteiger partial charge < -0.3 is 9.47 Å². The van der Waals surface area contributed by atoms with E-state index in [1.165, 1.54) is 0 Å². The smallest absolute Gasteiger partial charge is 0.283 e. The van der Waals surface area contributed by atoms with Crippen molar-refractivity contribution < 1.29 is 14.3 Å². The number of aromatic nitrogens is 2. The molecule has 1 aliphatic heterocycles. The number of carbonyl (C=O) groups excluding carboxylic acids is 1. The number of hydrogen-bond acceptors (Lipinski definition) is 5. The molecule has 0 radical (unpaired) electrons. The predicted molar refractivity (Wildman–Crippen MR) is 66.7 cm³/mol. The summed E-state index contributed by atoms with van der Waals surface area (Å²) in [7, 11) is 0. The molecule has 4 N–H and O–H groups in total. The molecule has 2 aromatic rings. The number of fused-ring (bicyclic) bond motifs is 1. The number of nitrogen functional groups attached to an aromatic ring is 1. The molecule has 1 aromatic heterocycles. The van der Waals surface area contributed by atoms with Crippen molar-refractivity contribution in [3.8, 4) is 22.8 Å². The van der Waals surface area contributed by atoms with Gasteiger partial charge in [0.15, 0.2) is 11.5 Å². The number of ether oxygens (including phenoxy) is 2. The lowest BCUT2D eigenvalue weighted by atomic mass is 10.1. The maximum atomic E-state index is 11.3. The van der Waals surface area contributed by atoms with Crippen molar-refractivity contribution in [3.63, 3.8) is 0 Å². The maximum absolute atomic E-state index is 11.3. The number of nitrogens with one attached hydrogen (secondary N) is 2. The van der Waals surface area contributed by atoms with Gasteiger partial charge in [-0.2, -0.15) is 5.10 Å². The number of nitrogens with two attached hydrogens (primary N) is 1. The average molecular weight is 260 g/mol. The predicted octanol–water partition coefficient (Wildman–Crippen LogP) is 0.451. The highest BCUT2D eigenvalue weighted by molar-refractivity contribution is 5.92. The molecule has 0 saturated heterocycles. The van der Waals surface area contributed by atoms with E-state index in [-0.39, 0.29) is 0 Å². The van der Waals surface area contributed by atoms with Gasteiger partial charge in [0.2, 0.25) is 0 Å². The summed E-state index contributed by atoms with van der Waals surface area (Å²) < 4.78 is 10.9. The molecule has 1 aliphatic rings. The van der Waals surface area contributed by atoms with Gasteiger partial charge >= 0.3 is 0 Å². The first-order valence-electron chi connectivity index (χ1n) is 5.74. The molecule has 1 amide bonds. The van der Waals surface area contributed by atoms with Crippen molar-refractivity contribution in [1.82, 2.24) is 15.6 Å². The number of benzene rings is 1. The van der Waals surface area contributed by atoms with E-state index in [0.29, 0.717) is 36.1 Å². The lowest BCUT2D eigenvalue weighted by Crippen LogP contribution is -2.30. The van der Waals surface area contributed by atoms with Gasteiger partial charge in [0.05, 0.1) is 5.69 Å². The fraction of sp³-hybridized carbons (Fsp3) is 0.167. The standard InChI is InChI=1S/C12H12N4O3/c13-14-12(17)9-6-8(15-16-9)7-1-2-10-11(5-7)19-4-3-18-10/h1-2,5-6H,3-4,13H2,(H,14,17)(H,15,16). The number of H-pyrrole nitrogens is 1. The minimum atomic E-state index is -0.420. The van der Waals surface area contributed by atoms with E-state index in [4.69, 9.17) is 15.3 Å². The van der Waals surface area contributed by atoms with Crippen LogP contribution in [0.25, 0.3) is 11.3 Å². The molecule has 0 spiro atoms. The zero-order valence-corrected chi connectivity index (χ0v) is 9.97. The molecule has 98 valence electrons. The third-order valence-electron chi connectivity index (χ3n) is 2.79. The fourth-order valence-corrected chi connectivity index (χ4v) is 1.87. The summed E-state index contributed by atoms with van der Waals surface area (Å²) >= 11 is 0. The summed E-state index contributed by atoms with van der Waals surface area (Å²) in [6.45, 7) is 1.08. The Kier molecular flexibility index (Phi) is 2.81. The summed E-state index contributed by atoms with van der Waals surface area (Å²) in [5.41, 5.74) is 3.80.